The van der Waals surface area contributed by atoms with Crippen LogP contribution in [0.1, 0.15) is 31.4 Å². The number of nitrogens with zero attached hydrogens (tertiary/aromatic N) is 1. The lowest BCUT2D eigenvalue weighted by atomic mass is 10.1. The van der Waals surface area contributed by atoms with Gasteiger partial charge in [0.2, 0.25) is 23.6 Å². The molecule has 0 saturated heterocycles. The average Bonchev–Trinajstić information content (AvgIpc) is 3.30. The number of aromatic nitrogens is 2. The zero-order valence-electron chi connectivity index (χ0n) is 18.6. The molecule has 16 heteroatoms. The zero-order chi connectivity index (χ0) is 26.5. The fourth-order valence-electron chi connectivity index (χ4n) is 2.80. The van der Waals surface area contributed by atoms with Gasteiger partial charge in [-0.3, -0.25) is 24.0 Å². The number of primary amides is 1. The molecule has 0 saturated carbocycles. The first kappa shape index (κ1) is 29.4. The van der Waals surface area contributed by atoms with E-state index < -0.39 is 59.7 Å². The number of amides is 4. The molecule has 0 aliphatic heterocycles. The number of hydrogen-bond acceptors (Lipinski definition) is 9. The first-order valence-corrected chi connectivity index (χ1v) is 11.1. The molecular formula is C19H29N7O8S. The van der Waals surface area contributed by atoms with Gasteiger partial charge in [0.15, 0.2) is 0 Å². The smallest absolute Gasteiger partial charge is 0.326 e. The lowest BCUT2D eigenvalue weighted by Gasteiger charge is -2.24. The summed E-state index contributed by atoms with van der Waals surface area (Å²) in [5, 5.41) is 25.1. The van der Waals surface area contributed by atoms with Crippen LogP contribution < -0.4 is 27.4 Å². The molecule has 1 aromatic heterocycles. The van der Waals surface area contributed by atoms with Crippen molar-refractivity contribution < 1.29 is 39.0 Å². The normalized spacial score (nSPS) is 14.1. The highest BCUT2D eigenvalue weighted by Gasteiger charge is 2.30. The Bertz CT molecular complexity index is 911. The Morgan fingerprint density at radius 2 is 1.54 bits per heavy atom. The van der Waals surface area contributed by atoms with Crippen LogP contribution in [-0.4, -0.2) is 85.7 Å². The van der Waals surface area contributed by atoms with Gasteiger partial charge in [0, 0.05) is 36.9 Å². The summed E-state index contributed by atoms with van der Waals surface area (Å²) < 4.78 is 0. The van der Waals surface area contributed by atoms with E-state index in [1.54, 1.807) is 0 Å². The van der Waals surface area contributed by atoms with E-state index in [9.17, 15) is 33.9 Å². The molecule has 0 spiro atoms. The van der Waals surface area contributed by atoms with Crippen molar-refractivity contribution in [3.05, 3.63) is 18.2 Å². The van der Waals surface area contributed by atoms with E-state index >= 15 is 0 Å². The maximum atomic E-state index is 12.8. The fraction of sp³-hybridized carbons (Fsp3) is 0.526. The van der Waals surface area contributed by atoms with Gasteiger partial charge in [-0.05, 0) is 12.8 Å². The lowest BCUT2D eigenvalue weighted by molar-refractivity contribution is -0.142. The topological polar surface area (TPSA) is 260 Å². The molecule has 1 aromatic rings. The van der Waals surface area contributed by atoms with Crippen LogP contribution in [0.25, 0.3) is 0 Å². The van der Waals surface area contributed by atoms with Crippen molar-refractivity contribution >= 4 is 48.2 Å². The van der Waals surface area contributed by atoms with Crippen LogP contribution >= 0.6 is 12.6 Å². The molecule has 194 valence electrons. The van der Waals surface area contributed by atoms with Gasteiger partial charge in [0.05, 0.1) is 12.4 Å². The Morgan fingerprint density at radius 1 is 0.943 bits per heavy atom. The molecule has 35 heavy (non-hydrogen) atoms. The first-order chi connectivity index (χ1) is 16.4. The molecule has 0 aromatic carbocycles. The summed E-state index contributed by atoms with van der Waals surface area (Å²) in [6, 6.07) is -5.19. The predicted molar refractivity (Wildman–Crippen MR) is 123 cm³/mol. The van der Waals surface area contributed by atoms with Crippen molar-refractivity contribution in [3.63, 3.8) is 0 Å². The number of rotatable bonds is 16. The third-order valence-electron chi connectivity index (χ3n) is 4.73. The second kappa shape index (κ2) is 14.6. The number of carbonyl (C=O) groups is 6. The summed E-state index contributed by atoms with van der Waals surface area (Å²) in [7, 11) is 0. The Hall–Kier alpha value is -3.66. The van der Waals surface area contributed by atoms with Crippen LogP contribution in [0.3, 0.4) is 0 Å². The second-order valence-corrected chi connectivity index (χ2v) is 7.89. The van der Waals surface area contributed by atoms with Gasteiger partial charge in [0.1, 0.15) is 18.1 Å². The number of carboxylic acids is 2. The predicted octanol–water partition coefficient (Wildman–Crippen LogP) is -3.12. The van der Waals surface area contributed by atoms with Gasteiger partial charge >= 0.3 is 11.9 Å². The van der Waals surface area contributed by atoms with Crippen molar-refractivity contribution in [1.29, 1.82) is 0 Å². The molecule has 15 nitrogen and oxygen atoms in total. The van der Waals surface area contributed by atoms with Crippen LogP contribution in [-0.2, 0) is 35.2 Å². The number of nitrogens with two attached hydrogens (primary N) is 2. The molecular weight excluding hydrogens is 486 g/mol. The molecule has 10 N–H and O–H groups in total. The lowest BCUT2D eigenvalue weighted by Crippen LogP contribution is -2.58. The molecule has 0 aliphatic carbocycles. The number of carboxylic acid groups (broad SMARTS) is 2. The third kappa shape index (κ3) is 10.9. The quantitative estimate of drug-likeness (QED) is 0.1000. The number of carbonyl (C=O) groups excluding carboxylic acids is 4. The van der Waals surface area contributed by atoms with Crippen molar-refractivity contribution in [2.24, 2.45) is 11.5 Å². The Morgan fingerprint density at radius 3 is 2.06 bits per heavy atom. The van der Waals surface area contributed by atoms with Gasteiger partial charge in [-0.1, -0.05) is 0 Å². The van der Waals surface area contributed by atoms with E-state index in [1.807, 2.05) is 0 Å². The first-order valence-electron chi connectivity index (χ1n) is 10.4. The van der Waals surface area contributed by atoms with E-state index in [4.69, 9.17) is 16.6 Å². The minimum Gasteiger partial charge on any atom is -0.481 e. The molecule has 4 unspecified atom stereocenters. The van der Waals surface area contributed by atoms with Crippen molar-refractivity contribution in [2.45, 2.75) is 56.3 Å². The maximum absolute atomic E-state index is 12.8. The van der Waals surface area contributed by atoms with Crippen LogP contribution in [0.15, 0.2) is 12.5 Å². The number of nitrogens with one attached hydrogen (secondary N) is 4. The molecule has 0 bridgehead atoms. The molecule has 4 amide bonds. The highest BCUT2D eigenvalue weighted by molar-refractivity contribution is 7.80. The number of aromatic amines is 1. The van der Waals surface area contributed by atoms with Crippen molar-refractivity contribution in [3.8, 4) is 0 Å². The highest BCUT2D eigenvalue weighted by Crippen LogP contribution is 2.04. The van der Waals surface area contributed by atoms with Crippen LogP contribution in [0, 0.1) is 0 Å². The number of aliphatic carboxylic acids is 2. The summed E-state index contributed by atoms with van der Waals surface area (Å²) in [4.78, 5) is 77.6. The summed E-state index contributed by atoms with van der Waals surface area (Å²) in [5.74, 6) is -6.00. The Kier molecular flexibility index (Phi) is 12.2. The van der Waals surface area contributed by atoms with E-state index in [1.165, 1.54) is 12.5 Å². The largest absolute Gasteiger partial charge is 0.481 e. The molecule has 0 fully saturated rings. The van der Waals surface area contributed by atoms with E-state index in [0.29, 0.717) is 5.69 Å². The maximum Gasteiger partial charge on any atom is 0.326 e. The fourth-order valence-corrected chi connectivity index (χ4v) is 3.06. The van der Waals surface area contributed by atoms with Crippen LogP contribution in [0.2, 0.25) is 0 Å². The summed E-state index contributed by atoms with van der Waals surface area (Å²) >= 11 is 4.00. The number of thiol groups is 1. The molecule has 4 atom stereocenters. The van der Waals surface area contributed by atoms with Crippen LogP contribution in [0.5, 0.6) is 0 Å². The van der Waals surface area contributed by atoms with E-state index in [0.717, 1.165) is 0 Å². The summed E-state index contributed by atoms with van der Waals surface area (Å²) in [6.07, 6.45) is 1.54. The third-order valence-corrected chi connectivity index (χ3v) is 5.09. The van der Waals surface area contributed by atoms with Gasteiger partial charge in [-0.15, -0.1) is 0 Å². The average molecular weight is 516 g/mol. The molecule has 1 rings (SSSR count). The minimum atomic E-state index is -1.37. The zero-order valence-corrected chi connectivity index (χ0v) is 19.5. The van der Waals surface area contributed by atoms with Gasteiger partial charge in [-0.25, -0.2) is 9.78 Å². The number of hydrogen-bond donors (Lipinski definition) is 9. The molecule has 0 aliphatic rings. The van der Waals surface area contributed by atoms with Gasteiger partial charge in [-0.2, -0.15) is 12.6 Å². The monoisotopic (exact) mass is 515 g/mol. The second-order valence-electron chi connectivity index (χ2n) is 7.53. The van der Waals surface area contributed by atoms with Crippen LogP contribution in [0.4, 0.5) is 0 Å². The minimum absolute atomic E-state index is 0.124. The van der Waals surface area contributed by atoms with Gasteiger partial charge < -0.3 is 42.6 Å². The Labute approximate surface area is 205 Å². The number of imidazole rings is 1. The van der Waals surface area contributed by atoms with Crippen molar-refractivity contribution in [1.82, 2.24) is 25.9 Å². The van der Waals surface area contributed by atoms with Crippen molar-refractivity contribution in [2.75, 3.05) is 5.75 Å². The van der Waals surface area contributed by atoms with E-state index in [-0.39, 0.29) is 37.9 Å². The summed E-state index contributed by atoms with van der Waals surface area (Å²) in [6.45, 7) is 0. The van der Waals surface area contributed by atoms with E-state index in [2.05, 4.69) is 38.5 Å². The number of H-pyrrole nitrogens is 1. The SMILES string of the molecule is NC(=O)CCC(NC(=O)C(CS)NC(=O)C(N)CCC(=O)O)C(=O)NC(Cc1cnc[nH]1)C(=O)O. The summed E-state index contributed by atoms with van der Waals surface area (Å²) in [5.41, 5.74) is 11.2. The van der Waals surface area contributed by atoms with Gasteiger partial charge in [0.25, 0.3) is 0 Å². The molecule has 0 radical (unpaired) electrons. The standard InChI is InChI=1S/C19H29N7O8S/c20-10(1-4-15(28)29)16(30)26-13(7-35)18(32)24-11(2-3-14(21)27)17(31)25-12(19(33)34)5-9-6-22-8-23-9/h6,8,10-13,35H,1-5,7,20H2,(H2,21,27)(H,22,23)(H,24,32)(H,25,31)(H,26,30)(H,28,29)(H,33,34). The highest BCUT2D eigenvalue weighted by atomic mass is 32.1. The Balaban J connectivity index is 2.88. The molecule has 1 heterocycles.